The minimum Gasteiger partial charge on any atom is -0.383 e. The van der Waals surface area contributed by atoms with Crippen molar-refractivity contribution in [3.05, 3.63) is 0 Å². The number of halogens is 4. The molecule has 0 unspecified atom stereocenters. The van der Waals surface area contributed by atoms with Gasteiger partial charge in [-0.25, -0.2) is 0 Å². The summed E-state index contributed by atoms with van der Waals surface area (Å²) < 4.78 is 72.3. The Morgan fingerprint density at radius 2 is 1.55 bits per heavy atom. The first-order chi connectivity index (χ1) is 10.1. The van der Waals surface area contributed by atoms with Gasteiger partial charge in [0.2, 0.25) is 0 Å². The average Bonchev–Trinajstić information content (AvgIpc) is 2.47. The molecule has 3 saturated carbocycles. The highest BCUT2D eigenvalue weighted by molar-refractivity contribution is 5.20. The molecule has 0 atom stereocenters. The summed E-state index contributed by atoms with van der Waals surface area (Å²) in [5.41, 5.74) is -4.91. The Morgan fingerprint density at radius 1 is 1.00 bits per heavy atom. The molecule has 4 aliphatic rings. The van der Waals surface area contributed by atoms with Crippen LogP contribution in [0.25, 0.3) is 0 Å². The topological polar surface area (TPSA) is 47.9 Å². The van der Waals surface area contributed by atoms with Crippen LogP contribution in [-0.4, -0.2) is 54.3 Å². The molecule has 3 aliphatic carbocycles. The van der Waals surface area contributed by atoms with E-state index in [1.165, 1.54) is 0 Å². The third-order valence-electron chi connectivity index (χ3n) is 5.06. The van der Waals surface area contributed by atoms with Crippen LogP contribution in [0.2, 0.25) is 0 Å². The van der Waals surface area contributed by atoms with Crippen molar-refractivity contribution in [1.29, 1.82) is 0 Å². The number of hydrogen-bond donors (Lipinski definition) is 1. The van der Waals surface area contributed by atoms with Gasteiger partial charge >= 0.3 is 11.8 Å². The molecular formula is C14H20F4O4. The highest BCUT2D eigenvalue weighted by Crippen LogP contribution is 2.63. The van der Waals surface area contributed by atoms with E-state index in [0.717, 1.165) is 0 Å². The first-order valence-electron chi connectivity index (χ1n) is 7.49. The predicted octanol–water partition coefficient (Wildman–Crippen LogP) is 2.34. The van der Waals surface area contributed by atoms with E-state index in [-0.39, 0.29) is 25.4 Å². The molecule has 1 N–H and O–H groups in total. The van der Waals surface area contributed by atoms with E-state index in [2.05, 4.69) is 0 Å². The second-order valence-corrected chi connectivity index (χ2v) is 6.69. The number of rotatable bonds is 3. The van der Waals surface area contributed by atoms with Crippen molar-refractivity contribution < 1.29 is 36.9 Å². The van der Waals surface area contributed by atoms with Gasteiger partial charge in [0, 0.05) is 5.92 Å². The van der Waals surface area contributed by atoms with Crippen LogP contribution in [0.15, 0.2) is 0 Å². The monoisotopic (exact) mass is 328 g/mol. The van der Waals surface area contributed by atoms with Crippen LogP contribution in [-0.2, 0) is 14.2 Å². The molecule has 4 rings (SSSR count). The molecule has 2 bridgehead atoms. The number of hydrogen-bond acceptors (Lipinski definition) is 4. The van der Waals surface area contributed by atoms with Gasteiger partial charge in [-0.1, -0.05) is 6.92 Å². The lowest BCUT2D eigenvalue weighted by Gasteiger charge is -2.58. The molecule has 4 fully saturated rings. The molecule has 128 valence electrons. The molecule has 8 heteroatoms. The van der Waals surface area contributed by atoms with Crippen LogP contribution in [0.3, 0.4) is 0 Å². The van der Waals surface area contributed by atoms with Gasteiger partial charge < -0.3 is 19.3 Å². The zero-order chi connectivity index (χ0) is 16.2. The fourth-order valence-corrected chi connectivity index (χ4v) is 3.47. The Labute approximate surface area is 125 Å². The van der Waals surface area contributed by atoms with Gasteiger partial charge in [-0.15, -0.1) is 0 Å². The van der Waals surface area contributed by atoms with Gasteiger partial charge in [0.1, 0.15) is 11.2 Å². The van der Waals surface area contributed by atoms with E-state index in [9.17, 15) is 22.7 Å². The van der Waals surface area contributed by atoms with Crippen molar-refractivity contribution in [3.63, 3.8) is 0 Å². The number of aliphatic hydroxyl groups is 1. The Balaban J connectivity index is 1.72. The zero-order valence-corrected chi connectivity index (χ0v) is 12.3. The van der Waals surface area contributed by atoms with Gasteiger partial charge in [-0.3, -0.25) is 0 Å². The lowest BCUT2D eigenvalue weighted by molar-refractivity contribution is -0.407. The van der Waals surface area contributed by atoms with Crippen molar-refractivity contribution in [2.24, 2.45) is 5.92 Å². The maximum Gasteiger partial charge on any atom is 0.341 e. The van der Waals surface area contributed by atoms with Gasteiger partial charge in [-0.2, -0.15) is 17.6 Å². The summed E-state index contributed by atoms with van der Waals surface area (Å²) in [6.07, 6.45) is -2.25. The van der Waals surface area contributed by atoms with Crippen molar-refractivity contribution >= 4 is 0 Å². The van der Waals surface area contributed by atoms with E-state index in [4.69, 9.17) is 14.2 Å². The summed E-state index contributed by atoms with van der Waals surface area (Å²) in [4.78, 5) is 0. The van der Waals surface area contributed by atoms with Crippen molar-refractivity contribution in [2.45, 2.75) is 61.9 Å². The third kappa shape index (κ3) is 2.11. The second kappa shape index (κ2) is 5.03. The third-order valence-corrected chi connectivity index (χ3v) is 5.06. The van der Waals surface area contributed by atoms with Crippen LogP contribution in [0.1, 0.15) is 32.6 Å². The normalized spacial score (nSPS) is 46.6. The SMILES string of the molecule is CC1COC(COC23CCC(O)(CC2)C(F)(F)C3(F)F)OC1. The lowest BCUT2D eigenvalue weighted by Crippen LogP contribution is -2.76. The van der Waals surface area contributed by atoms with E-state index in [0.29, 0.717) is 13.2 Å². The summed E-state index contributed by atoms with van der Waals surface area (Å²) in [5.74, 6) is -8.73. The van der Waals surface area contributed by atoms with Crippen LogP contribution < -0.4 is 0 Å². The Bertz CT molecular complexity index is 427. The van der Waals surface area contributed by atoms with E-state index in [1.807, 2.05) is 6.92 Å². The molecular weight excluding hydrogens is 308 g/mol. The van der Waals surface area contributed by atoms with Gasteiger partial charge in [0.15, 0.2) is 6.29 Å². The standard InChI is InChI=1S/C14H20F4O4/c1-9-6-20-10(21-7-9)8-22-12-4-2-11(19,3-5-12)13(15,16)14(12,17)18/h9-10,19H,2-8H2,1H3. The number of ether oxygens (including phenoxy) is 3. The van der Waals surface area contributed by atoms with E-state index >= 15 is 0 Å². The average molecular weight is 328 g/mol. The van der Waals surface area contributed by atoms with Gasteiger partial charge in [-0.05, 0) is 25.7 Å². The Morgan fingerprint density at radius 3 is 2.09 bits per heavy atom. The van der Waals surface area contributed by atoms with Crippen LogP contribution >= 0.6 is 0 Å². The van der Waals surface area contributed by atoms with Crippen molar-refractivity contribution in [1.82, 2.24) is 0 Å². The predicted molar refractivity (Wildman–Crippen MR) is 66.9 cm³/mol. The lowest BCUT2D eigenvalue weighted by atomic mass is 9.60. The first kappa shape index (κ1) is 16.4. The van der Waals surface area contributed by atoms with E-state index < -0.39 is 42.2 Å². The smallest absolute Gasteiger partial charge is 0.341 e. The van der Waals surface area contributed by atoms with Crippen LogP contribution in [0, 0.1) is 5.92 Å². The largest absolute Gasteiger partial charge is 0.383 e. The molecule has 0 aromatic heterocycles. The fourth-order valence-electron chi connectivity index (χ4n) is 3.47. The number of fused-ring (bicyclic) bond motifs is 3. The second-order valence-electron chi connectivity index (χ2n) is 6.69. The van der Waals surface area contributed by atoms with E-state index in [1.54, 1.807) is 0 Å². The molecule has 1 aliphatic heterocycles. The minimum atomic E-state index is -4.50. The minimum absolute atomic E-state index is 0.194. The fraction of sp³-hybridized carbons (Fsp3) is 1.00. The summed E-state index contributed by atoms with van der Waals surface area (Å²) in [7, 11) is 0. The Kier molecular flexibility index (Phi) is 3.75. The molecule has 0 amide bonds. The molecule has 0 aromatic rings. The quantitative estimate of drug-likeness (QED) is 0.808. The summed E-state index contributed by atoms with van der Waals surface area (Å²) in [5, 5.41) is 9.81. The summed E-state index contributed by atoms with van der Waals surface area (Å²) in [6, 6.07) is 0. The molecule has 4 nitrogen and oxygen atoms in total. The zero-order valence-electron chi connectivity index (χ0n) is 12.3. The first-order valence-corrected chi connectivity index (χ1v) is 7.49. The highest BCUT2D eigenvalue weighted by atomic mass is 19.3. The van der Waals surface area contributed by atoms with Crippen molar-refractivity contribution in [2.75, 3.05) is 19.8 Å². The maximum atomic E-state index is 14.3. The molecule has 0 aromatic carbocycles. The van der Waals surface area contributed by atoms with Crippen LogP contribution in [0.4, 0.5) is 17.6 Å². The number of alkyl halides is 4. The van der Waals surface area contributed by atoms with Gasteiger partial charge in [0.25, 0.3) is 0 Å². The summed E-state index contributed by atoms with van der Waals surface area (Å²) >= 11 is 0. The maximum absolute atomic E-state index is 14.3. The molecule has 1 saturated heterocycles. The molecule has 1 heterocycles. The molecule has 0 spiro atoms. The molecule has 0 radical (unpaired) electrons. The van der Waals surface area contributed by atoms with Gasteiger partial charge in [0.05, 0.1) is 19.8 Å². The summed E-state index contributed by atoms with van der Waals surface area (Å²) in [6.45, 7) is 2.41. The van der Waals surface area contributed by atoms with Crippen molar-refractivity contribution in [3.8, 4) is 0 Å². The highest BCUT2D eigenvalue weighted by Gasteiger charge is 2.82. The molecule has 22 heavy (non-hydrogen) atoms. The van der Waals surface area contributed by atoms with Crippen LogP contribution in [0.5, 0.6) is 0 Å². The Hall–Kier alpha value is -0.440.